The van der Waals surface area contributed by atoms with Crippen molar-refractivity contribution in [3.05, 3.63) is 36.6 Å². The Morgan fingerprint density at radius 2 is 2.23 bits per heavy atom. The largest absolute Gasteiger partial charge is 0.443 e. The van der Waals surface area contributed by atoms with Crippen LogP contribution in [0.2, 0.25) is 0 Å². The molecule has 4 heteroatoms. The molecule has 3 nitrogen and oxygen atoms in total. The lowest BCUT2D eigenvalue weighted by Crippen LogP contribution is -1.88. The first kappa shape index (κ1) is 7.79. The molecule has 2 rings (SSSR count). The third-order valence-corrected chi connectivity index (χ3v) is 1.69. The Morgan fingerprint density at radius 3 is 2.85 bits per heavy atom. The lowest BCUT2D eigenvalue weighted by molar-refractivity contribution is 0.561. The monoisotopic (exact) mass is 178 g/mol. The Labute approximate surface area is 74.0 Å². The van der Waals surface area contributed by atoms with Gasteiger partial charge in [0, 0.05) is 5.69 Å². The van der Waals surface area contributed by atoms with Crippen molar-refractivity contribution in [2.24, 2.45) is 0 Å². The second-order valence-electron chi connectivity index (χ2n) is 2.60. The fourth-order valence-electron chi connectivity index (χ4n) is 1.08. The Balaban J connectivity index is 2.53. The molecule has 0 spiro atoms. The Kier molecular flexibility index (Phi) is 1.73. The number of anilines is 1. The molecule has 0 unspecified atom stereocenters. The van der Waals surface area contributed by atoms with Crippen molar-refractivity contribution in [1.82, 2.24) is 4.98 Å². The zero-order valence-corrected chi connectivity index (χ0v) is 6.70. The summed E-state index contributed by atoms with van der Waals surface area (Å²) in [4.78, 5) is 3.70. The number of nitrogen functional groups attached to an aromatic ring is 1. The van der Waals surface area contributed by atoms with Crippen LogP contribution in [0, 0.1) is 5.82 Å². The molecule has 1 heterocycles. The maximum absolute atomic E-state index is 13.2. The van der Waals surface area contributed by atoms with Crippen LogP contribution in [-0.4, -0.2) is 4.98 Å². The van der Waals surface area contributed by atoms with Crippen LogP contribution in [0.5, 0.6) is 0 Å². The fourth-order valence-corrected chi connectivity index (χ4v) is 1.08. The highest BCUT2D eigenvalue weighted by molar-refractivity contribution is 5.60. The highest BCUT2D eigenvalue weighted by Crippen LogP contribution is 2.23. The van der Waals surface area contributed by atoms with E-state index in [-0.39, 0.29) is 0 Å². The molecule has 0 saturated heterocycles. The highest BCUT2D eigenvalue weighted by Gasteiger charge is 2.07. The van der Waals surface area contributed by atoms with Crippen LogP contribution >= 0.6 is 0 Å². The molecule has 0 atom stereocenters. The van der Waals surface area contributed by atoms with Crippen molar-refractivity contribution in [1.29, 1.82) is 0 Å². The van der Waals surface area contributed by atoms with Crippen molar-refractivity contribution < 1.29 is 8.81 Å². The molecule has 1 aromatic carbocycles. The molecule has 0 aliphatic heterocycles. The molecule has 0 aliphatic rings. The van der Waals surface area contributed by atoms with Gasteiger partial charge in [-0.1, -0.05) is 0 Å². The van der Waals surface area contributed by atoms with Gasteiger partial charge in [0.25, 0.3) is 0 Å². The summed E-state index contributed by atoms with van der Waals surface area (Å²) >= 11 is 0. The maximum atomic E-state index is 13.2. The number of oxazole rings is 1. The number of rotatable bonds is 1. The van der Waals surface area contributed by atoms with Crippen LogP contribution in [0.25, 0.3) is 11.3 Å². The summed E-state index contributed by atoms with van der Waals surface area (Å²) in [5.41, 5.74) is 6.15. The topological polar surface area (TPSA) is 52.0 Å². The van der Waals surface area contributed by atoms with Crippen molar-refractivity contribution in [2.45, 2.75) is 0 Å². The highest BCUT2D eigenvalue weighted by atomic mass is 19.1. The van der Waals surface area contributed by atoms with E-state index in [4.69, 9.17) is 10.2 Å². The molecule has 0 bridgehead atoms. The van der Waals surface area contributed by atoms with Gasteiger partial charge in [-0.15, -0.1) is 0 Å². The van der Waals surface area contributed by atoms with E-state index in [1.807, 2.05) is 0 Å². The smallest absolute Gasteiger partial charge is 0.181 e. The van der Waals surface area contributed by atoms with Crippen molar-refractivity contribution in [3.63, 3.8) is 0 Å². The molecule has 13 heavy (non-hydrogen) atoms. The van der Waals surface area contributed by atoms with Crippen LogP contribution < -0.4 is 5.73 Å². The zero-order chi connectivity index (χ0) is 9.26. The van der Waals surface area contributed by atoms with E-state index in [9.17, 15) is 4.39 Å². The molecule has 0 radical (unpaired) electrons. The lowest BCUT2D eigenvalue weighted by Gasteiger charge is -1.99. The van der Waals surface area contributed by atoms with Crippen molar-refractivity contribution >= 4 is 5.69 Å². The molecule has 66 valence electrons. The first-order valence-electron chi connectivity index (χ1n) is 3.71. The third-order valence-electron chi connectivity index (χ3n) is 1.69. The SMILES string of the molecule is Nc1ccc(-c2cnco2)c(F)c1. The second-order valence-corrected chi connectivity index (χ2v) is 2.60. The van der Waals surface area contributed by atoms with Gasteiger partial charge >= 0.3 is 0 Å². The Hall–Kier alpha value is -1.84. The van der Waals surface area contributed by atoms with Gasteiger partial charge < -0.3 is 10.2 Å². The van der Waals surface area contributed by atoms with Gasteiger partial charge in [-0.05, 0) is 18.2 Å². The lowest BCUT2D eigenvalue weighted by atomic mass is 10.1. The predicted molar refractivity (Wildman–Crippen MR) is 46.3 cm³/mol. The quantitative estimate of drug-likeness (QED) is 0.680. The molecule has 2 aromatic rings. The summed E-state index contributed by atoms with van der Waals surface area (Å²) in [7, 11) is 0. The van der Waals surface area contributed by atoms with Gasteiger partial charge in [-0.3, -0.25) is 0 Å². The van der Waals surface area contributed by atoms with E-state index in [2.05, 4.69) is 4.98 Å². The number of hydrogen-bond donors (Lipinski definition) is 1. The van der Waals surface area contributed by atoms with E-state index < -0.39 is 5.82 Å². The summed E-state index contributed by atoms with van der Waals surface area (Å²) in [5, 5.41) is 0. The van der Waals surface area contributed by atoms with Gasteiger partial charge in [0.2, 0.25) is 0 Å². The van der Waals surface area contributed by atoms with Crippen LogP contribution in [0.3, 0.4) is 0 Å². The van der Waals surface area contributed by atoms with Gasteiger partial charge in [-0.25, -0.2) is 9.37 Å². The minimum atomic E-state index is -0.406. The Bertz CT molecular complexity index is 412. The van der Waals surface area contributed by atoms with Crippen molar-refractivity contribution in [3.8, 4) is 11.3 Å². The van der Waals surface area contributed by atoms with Gasteiger partial charge in [0.15, 0.2) is 12.2 Å². The normalized spacial score (nSPS) is 10.2. The minimum Gasteiger partial charge on any atom is -0.443 e. The second kappa shape index (κ2) is 2.90. The molecular formula is C9H7FN2O. The van der Waals surface area contributed by atoms with Crippen LogP contribution in [0.1, 0.15) is 0 Å². The summed E-state index contributed by atoms with van der Waals surface area (Å²) in [6.07, 6.45) is 2.71. The molecular weight excluding hydrogens is 171 g/mol. The number of nitrogens with two attached hydrogens (primary N) is 1. The third kappa shape index (κ3) is 1.38. The Morgan fingerprint density at radius 1 is 1.38 bits per heavy atom. The van der Waals surface area contributed by atoms with Crippen LogP contribution in [-0.2, 0) is 0 Å². The molecule has 0 saturated carbocycles. The molecule has 0 aliphatic carbocycles. The number of halogens is 1. The summed E-state index contributed by atoms with van der Waals surface area (Å²) in [6.45, 7) is 0. The summed E-state index contributed by atoms with van der Waals surface area (Å²) < 4.78 is 18.2. The van der Waals surface area contributed by atoms with Crippen molar-refractivity contribution in [2.75, 3.05) is 5.73 Å². The van der Waals surface area contributed by atoms with Crippen LogP contribution in [0.4, 0.5) is 10.1 Å². The van der Waals surface area contributed by atoms with Gasteiger partial charge in [-0.2, -0.15) is 0 Å². The molecule has 2 N–H and O–H groups in total. The molecule has 0 fully saturated rings. The fraction of sp³-hybridized carbons (Fsp3) is 0. The van der Waals surface area contributed by atoms with Gasteiger partial charge in [0.1, 0.15) is 5.82 Å². The first-order valence-corrected chi connectivity index (χ1v) is 3.71. The standard InChI is InChI=1S/C9H7FN2O/c10-8-3-6(11)1-2-7(8)9-4-12-5-13-9/h1-5H,11H2. The van der Waals surface area contributed by atoms with E-state index in [0.717, 1.165) is 0 Å². The van der Waals surface area contributed by atoms with E-state index in [1.54, 1.807) is 12.1 Å². The molecule has 1 aromatic heterocycles. The summed E-state index contributed by atoms with van der Waals surface area (Å²) in [5.74, 6) is -0.00532. The number of benzene rings is 1. The first-order chi connectivity index (χ1) is 6.27. The molecule has 0 amide bonds. The van der Waals surface area contributed by atoms with Gasteiger partial charge in [0.05, 0.1) is 11.8 Å². The maximum Gasteiger partial charge on any atom is 0.181 e. The predicted octanol–water partition coefficient (Wildman–Crippen LogP) is 2.06. The van der Waals surface area contributed by atoms with E-state index >= 15 is 0 Å². The average molecular weight is 178 g/mol. The number of aromatic nitrogens is 1. The minimum absolute atomic E-state index is 0.367. The summed E-state index contributed by atoms with van der Waals surface area (Å²) in [6, 6.07) is 4.42. The number of nitrogens with zero attached hydrogens (tertiary/aromatic N) is 1. The van der Waals surface area contributed by atoms with E-state index in [1.165, 1.54) is 18.7 Å². The van der Waals surface area contributed by atoms with E-state index in [0.29, 0.717) is 17.0 Å². The average Bonchev–Trinajstić information content (AvgIpc) is 2.56. The van der Waals surface area contributed by atoms with Crippen LogP contribution in [0.15, 0.2) is 35.2 Å². The number of hydrogen-bond acceptors (Lipinski definition) is 3. The zero-order valence-electron chi connectivity index (χ0n) is 6.70.